The molecule has 1 saturated carbocycles. The van der Waals surface area contributed by atoms with Crippen molar-refractivity contribution in [2.75, 3.05) is 13.1 Å². The van der Waals surface area contributed by atoms with Crippen LogP contribution >= 0.6 is 0 Å². The van der Waals surface area contributed by atoms with Crippen molar-refractivity contribution in [2.24, 2.45) is 0 Å². The second kappa shape index (κ2) is 9.84. The summed E-state index contributed by atoms with van der Waals surface area (Å²) in [5.74, 6) is 0. The monoisotopic (exact) mass is 294 g/mol. The van der Waals surface area contributed by atoms with Crippen molar-refractivity contribution in [3.05, 3.63) is 0 Å². The van der Waals surface area contributed by atoms with Crippen LogP contribution in [0.15, 0.2) is 0 Å². The van der Waals surface area contributed by atoms with E-state index in [-0.39, 0.29) is 0 Å². The van der Waals surface area contributed by atoms with Gasteiger partial charge in [0, 0.05) is 18.1 Å². The van der Waals surface area contributed by atoms with Crippen LogP contribution in [-0.2, 0) is 0 Å². The molecule has 1 N–H and O–H groups in total. The predicted octanol–water partition coefficient (Wildman–Crippen LogP) is 4.73. The average Bonchev–Trinajstić information content (AvgIpc) is 2.71. The van der Waals surface area contributed by atoms with Gasteiger partial charge in [0.2, 0.25) is 0 Å². The van der Waals surface area contributed by atoms with E-state index in [0.717, 1.165) is 18.1 Å². The van der Waals surface area contributed by atoms with Crippen molar-refractivity contribution in [3.8, 4) is 0 Å². The van der Waals surface area contributed by atoms with E-state index in [0.29, 0.717) is 0 Å². The van der Waals surface area contributed by atoms with Crippen LogP contribution in [0.2, 0.25) is 0 Å². The number of rotatable bonds is 5. The number of hydrogen-bond donors (Lipinski definition) is 1. The van der Waals surface area contributed by atoms with E-state index in [1.54, 1.807) is 0 Å². The molecule has 3 unspecified atom stereocenters. The summed E-state index contributed by atoms with van der Waals surface area (Å²) in [6.45, 7) is 7.26. The standard InChI is InChI=1S/C19H38N2/c1-3-15-20-18-13-9-5-6-10-14-19(18)21-16-11-7-8-12-17(21)4-2/h17-20H,3-16H2,1-2H3. The normalized spacial score (nSPS) is 33.1. The zero-order chi connectivity index (χ0) is 14.9. The quantitative estimate of drug-likeness (QED) is 0.788. The average molecular weight is 295 g/mol. The van der Waals surface area contributed by atoms with E-state index in [2.05, 4.69) is 24.1 Å². The molecule has 0 aromatic rings. The lowest BCUT2D eigenvalue weighted by Crippen LogP contribution is -2.54. The molecule has 2 fully saturated rings. The fourth-order valence-electron chi connectivity index (χ4n) is 4.50. The molecular weight excluding hydrogens is 256 g/mol. The summed E-state index contributed by atoms with van der Waals surface area (Å²) < 4.78 is 0. The van der Waals surface area contributed by atoms with Gasteiger partial charge in [0.15, 0.2) is 0 Å². The lowest BCUT2D eigenvalue weighted by atomic mass is 9.89. The summed E-state index contributed by atoms with van der Waals surface area (Å²) in [5, 5.41) is 3.91. The van der Waals surface area contributed by atoms with Crippen molar-refractivity contribution >= 4 is 0 Å². The molecule has 0 radical (unpaired) electrons. The maximum absolute atomic E-state index is 3.91. The minimum Gasteiger partial charge on any atom is -0.312 e. The van der Waals surface area contributed by atoms with Gasteiger partial charge in [0.05, 0.1) is 0 Å². The molecule has 1 aliphatic heterocycles. The number of likely N-dealkylation sites (tertiary alicyclic amines) is 1. The number of nitrogens with zero attached hydrogens (tertiary/aromatic N) is 1. The van der Waals surface area contributed by atoms with E-state index in [9.17, 15) is 0 Å². The van der Waals surface area contributed by atoms with Crippen LogP contribution < -0.4 is 5.32 Å². The molecule has 2 nitrogen and oxygen atoms in total. The van der Waals surface area contributed by atoms with Gasteiger partial charge in [0.25, 0.3) is 0 Å². The van der Waals surface area contributed by atoms with Crippen LogP contribution in [0, 0.1) is 0 Å². The van der Waals surface area contributed by atoms with Crippen LogP contribution in [0.3, 0.4) is 0 Å². The Hall–Kier alpha value is -0.0800. The molecule has 0 aromatic heterocycles. The molecule has 2 heteroatoms. The van der Waals surface area contributed by atoms with E-state index in [1.807, 2.05) is 0 Å². The van der Waals surface area contributed by atoms with Gasteiger partial charge < -0.3 is 5.32 Å². The van der Waals surface area contributed by atoms with Gasteiger partial charge in [-0.15, -0.1) is 0 Å². The summed E-state index contributed by atoms with van der Waals surface area (Å²) in [5.41, 5.74) is 0. The van der Waals surface area contributed by atoms with Crippen molar-refractivity contribution in [1.82, 2.24) is 10.2 Å². The fraction of sp³-hybridized carbons (Fsp3) is 1.00. The third-order valence-electron chi connectivity index (χ3n) is 5.71. The van der Waals surface area contributed by atoms with Gasteiger partial charge in [-0.2, -0.15) is 0 Å². The molecule has 0 amide bonds. The molecule has 1 saturated heterocycles. The smallest absolute Gasteiger partial charge is 0.0252 e. The molecule has 0 bridgehead atoms. The second-order valence-electron chi connectivity index (χ2n) is 7.27. The first-order chi connectivity index (χ1) is 10.4. The minimum absolute atomic E-state index is 0.748. The van der Waals surface area contributed by atoms with Gasteiger partial charge in [-0.3, -0.25) is 4.90 Å². The number of hydrogen-bond acceptors (Lipinski definition) is 2. The predicted molar refractivity (Wildman–Crippen MR) is 92.8 cm³/mol. The summed E-state index contributed by atoms with van der Waals surface area (Å²) in [6, 6.07) is 2.40. The fourth-order valence-corrected chi connectivity index (χ4v) is 4.50. The SMILES string of the molecule is CCCNC1CCCCCCC1N1CCCCCC1CC. The molecule has 2 aliphatic rings. The van der Waals surface area contributed by atoms with Crippen LogP contribution in [-0.4, -0.2) is 36.1 Å². The molecule has 124 valence electrons. The molecule has 21 heavy (non-hydrogen) atoms. The van der Waals surface area contributed by atoms with Gasteiger partial charge in [-0.25, -0.2) is 0 Å². The highest BCUT2D eigenvalue weighted by Crippen LogP contribution is 2.28. The molecule has 0 spiro atoms. The summed E-state index contributed by atoms with van der Waals surface area (Å²) in [4.78, 5) is 2.94. The molecule has 1 aliphatic carbocycles. The van der Waals surface area contributed by atoms with Crippen LogP contribution in [0.5, 0.6) is 0 Å². The summed E-state index contributed by atoms with van der Waals surface area (Å²) in [7, 11) is 0. The third kappa shape index (κ3) is 5.25. The first-order valence-electron chi connectivity index (χ1n) is 9.86. The highest BCUT2D eigenvalue weighted by molar-refractivity contribution is 4.90. The van der Waals surface area contributed by atoms with Crippen molar-refractivity contribution in [2.45, 2.75) is 109 Å². The van der Waals surface area contributed by atoms with Gasteiger partial charge >= 0.3 is 0 Å². The molecule has 3 atom stereocenters. The first-order valence-corrected chi connectivity index (χ1v) is 9.86. The van der Waals surface area contributed by atoms with Crippen LogP contribution in [0.25, 0.3) is 0 Å². The van der Waals surface area contributed by atoms with E-state index in [4.69, 9.17) is 0 Å². The second-order valence-corrected chi connectivity index (χ2v) is 7.27. The van der Waals surface area contributed by atoms with E-state index < -0.39 is 0 Å². The maximum Gasteiger partial charge on any atom is 0.0252 e. The van der Waals surface area contributed by atoms with Crippen molar-refractivity contribution in [1.29, 1.82) is 0 Å². The lowest BCUT2D eigenvalue weighted by Gasteiger charge is -2.42. The molecule has 1 heterocycles. The molecular formula is C19H38N2. The highest BCUT2D eigenvalue weighted by atomic mass is 15.2. The number of nitrogens with one attached hydrogen (secondary N) is 1. The summed E-state index contributed by atoms with van der Waals surface area (Å²) in [6.07, 6.45) is 17.0. The van der Waals surface area contributed by atoms with Crippen LogP contribution in [0.1, 0.15) is 90.9 Å². The topological polar surface area (TPSA) is 15.3 Å². The van der Waals surface area contributed by atoms with E-state index in [1.165, 1.54) is 90.1 Å². The Labute approximate surface area is 133 Å². The zero-order valence-corrected chi connectivity index (χ0v) is 14.6. The van der Waals surface area contributed by atoms with Crippen LogP contribution in [0.4, 0.5) is 0 Å². The van der Waals surface area contributed by atoms with E-state index >= 15 is 0 Å². The van der Waals surface area contributed by atoms with Gasteiger partial charge in [-0.1, -0.05) is 52.4 Å². The van der Waals surface area contributed by atoms with Crippen molar-refractivity contribution < 1.29 is 0 Å². The molecule has 2 rings (SSSR count). The molecule has 0 aromatic carbocycles. The largest absolute Gasteiger partial charge is 0.312 e. The third-order valence-corrected chi connectivity index (χ3v) is 5.71. The minimum atomic E-state index is 0.748. The lowest BCUT2D eigenvalue weighted by molar-refractivity contribution is 0.0869. The first kappa shape index (κ1) is 17.3. The maximum atomic E-state index is 3.91. The Kier molecular flexibility index (Phi) is 8.10. The van der Waals surface area contributed by atoms with Crippen molar-refractivity contribution in [3.63, 3.8) is 0 Å². The van der Waals surface area contributed by atoms with Gasteiger partial charge in [-0.05, 0) is 51.6 Å². The summed E-state index contributed by atoms with van der Waals surface area (Å²) >= 11 is 0. The van der Waals surface area contributed by atoms with Gasteiger partial charge in [0.1, 0.15) is 0 Å². The highest BCUT2D eigenvalue weighted by Gasteiger charge is 2.32. The Morgan fingerprint density at radius 3 is 2.33 bits per heavy atom. The Bertz CT molecular complexity index is 264. The zero-order valence-electron chi connectivity index (χ0n) is 14.6. The Balaban J connectivity index is 2.07. The Morgan fingerprint density at radius 1 is 0.857 bits per heavy atom. The Morgan fingerprint density at radius 2 is 1.57 bits per heavy atom.